The molecule has 1 amide bonds. The van der Waals surface area contributed by atoms with E-state index in [1.54, 1.807) is 19.1 Å². The fourth-order valence-electron chi connectivity index (χ4n) is 4.07. The molecule has 0 N–H and O–H groups in total. The number of benzene rings is 2. The van der Waals surface area contributed by atoms with Crippen molar-refractivity contribution >= 4 is 29.3 Å². The van der Waals surface area contributed by atoms with Crippen LogP contribution in [0.4, 0.5) is 5.69 Å². The van der Waals surface area contributed by atoms with Gasteiger partial charge in [0.2, 0.25) is 5.76 Å². The lowest BCUT2D eigenvalue weighted by Gasteiger charge is -2.25. The van der Waals surface area contributed by atoms with E-state index < -0.39 is 5.97 Å². The summed E-state index contributed by atoms with van der Waals surface area (Å²) in [6.07, 6.45) is 5.15. The Morgan fingerprint density at radius 1 is 0.974 bits per heavy atom. The quantitative estimate of drug-likeness (QED) is 0.388. The van der Waals surface area contributed by atoms with Crippen LogP contribution in [0.15, 0.2) is 81.5 Å². The fraction of sp³-hybridized carbons (Fsp3) is 0.310. The molecule has 2 aliphatic rings. The van der Waals surface area contributed by atoms with Crippen LogP contribution in [0.5, 0.6) is 17.2 Å². The van der Waals surface area contributed by atoms with E-state index in [1.165, 1.54) is 18.7 Å². The summed E-state index contributed by atoms with van der Waals surface area (Å²) in [6.45, 7) is 2.36. The second-order valence-electron chi connectivity index (χ2n) is 9.05. The molecule has 0 bridgehead atoms. The first-order valence-corrected chi connectivity index (χ1v) is 13.1. The Hall–Kier alpha value is -3.69. The third-order valence-corrected chi connectivity index (χ3v) is 7.26. The number of hydrogen-bond acceptors (Lipinski definition) is 8. The third-order valence-electron chi connectivity index (χ3n) is 6.06. The van der Waals surface area contributed by atoms with Gasteiger partial charge in [-0.2, -0.15) is 0 Å². The molecule has 1 aliphatic heterocycles. The monoisotopic (exact) mass is 536 g/mol. The van der Waals surface area contributed by atoms with E-state index in [0.717, 1.165) is 27.7 Å². The summed E-state index contributed by atoms with van der Waals surface area (Å²) in [4.78, 5) is 31.1. The first-order valence-electron chi connectivity index (χ1n) is 12.3. The van der Waals surface area contributed by atoms with Gasteiger partial charge in [0.1, 0.15) is 17.2 Å². The number of hydrogen-bond donors (Lipinski definition) is 0. The molecule has 0 saturated carbocycles. The molecule has 0 saturated heterocycles. The first kappa shape index (κ1) is 27.3. The van der Waals surface area contributed by atoms with Gasteiger partial charge >= 0.3 is 5.97 Å². The van der Waals surface area contributed by atoms with Gasteiger partial charge in [-0.15, -0.1) is 0 Å². The zero-order chi connectivity index (χ0) is 27.2. The van der Waals surface area contributed by atoms with E-state index in [-0.39, 0.29) is 11.7 Å². The second-order valence-corrected chi connectivity index (χ2v) is 10.1. The van der Waals surface area contributed by atoms with Gasteiger partial charge in [0.25, 0.3) is 5.91 Å². The number of thioether (sulfide) groups is 1. The summed E-state index contributed by atoms with van der Waals surface area (Å²) in [6, 6.07) is 13.0. The molecule has 0 atom stereocenters. The molecule has 0 unspecified atom stereocenters. The van der Waals surface area contributed by atoms with Crippen molar-refractivity contribution in [1.82, 2.24) is 4.90 Å². The lowest BCUT2D eigenvalue weighted by molar-refractivity contribution is -0.140. The van der Waals surface area contributed by atoms with E-state index >= 15 is 0 Å². The van der Waals surface area contributed by atoms with Crippen molar-refractivity contribution in [2.24, 2.45) is 0 Å². The molecule has 2 aromatic rings. The Kier molecular flexibility index (Phi) is 8.81. The predicted molar refractivity (Wildman–Crippen MR) is 147 cm³/mol. The molecule has 8 nitrogen and oxygen atoms in total. The van der Waals surface area contributed by atoms with Crippen LogP contribution >= 0.6 is 11.8 Å². The van der Waals surface area contributed by atoms with E-state index in [0.29, 0.717) is 42.3 Å². The molecule has 200 valence electrons. The van der Waals surface area contributed by atoms with Gasteiger partial charge in [0.05, 0.1) is 30.6 Å². The smallest absolute Gasteiger partial charge is 0.308 e. The minimum Gasteiger partial charge on any atom is -0.501 e. The largest absolute Gasteiger partial charge is 0.501 e. The van der Waals surface area contributed by atoms with Crippen LogP contribution < -0.4 is 14.4 Å². The lowest BCUT2D eigenvalue weighted by atomic mass is 10.0. The van der Waals surface area contributed by atoms with Gasteiger partial charge in [0, 0.05) is 31.3 Å². The Morgan fingerprint density at radius 2 is 1.68 bits per heavy atom. The summed E-state index contributed by atoms with van der Waals surface area (Å²) >= 11 is 1.40. The predicted octanol–water partition coefficient (Wildman–Crippen LogP) is 5.51. The van der Waals surface area contributed by atoms with E-state index in [2.05, 4.69) is 0 Å². The number of nitrogens with zero attached hydrogens (tertiary/aromatic N) is 2. The van der Waals surface area contributed by atoms with Gasteiger partial charge < -0.3 is 28.7 Å². The summed E-state index contributed by atoms with van der Waals surface area (Å²) in [5, 5.41) is 0. The van der Waals surface area contributed by atoms with Gasteiger partial charge in [-0.1, -0.05) is 17.8 Å². The van der Waals surface area contributed by atoms with Crippen LogP contribution in [0.2, 0.25) is 0 Å². The Labute approximate surface area is 227 Å². The van der Waals surface area contributed by atoms with Crippen LogP contribution in [0, 0.1) is 0 Å². The number of carbonyl (C=O) groups is 2. The highest BCUT2D eigenvalue weighted by molar-refractivity contribution is 8.03. The SMILES string of the molecule is COC1=CC=C(C2=C(OC(C)=O)C(=O)N(CCN(C)C)c3ccc(Oc4ccc(OC)cc4)cc3S2)CC1. The number of amides is 1. The van der Waals surface area contributed by atoms with Crippen molar-refractivity contribution in [2.45, 2.75) is 24.7 Å². The normalized spacial score (nSPS) is 15.4. The van der Waals surface area contributed by atoms with Crippen molar-refractivity contribution < 1.29 is 28.5 Å². The molecule has 1 aliphatic carbocycles. The Bertz CT molecular complexity index is 1300. The van der Waals surface area contributed by atoms with Crippen LogP contribution in [-0.2, 0) is 19.1 Å². The summed E-state index contributed by atoms with van der Waals surface area (Å²) in [5.74, 6) is 2.02. The first-order chi connectivity index (χ1) is 18.3. The molecule has 0 aromatic heterocycles. The zero-order valence-electron chi connectivity index (χ0n) is 22.3. The van der Waals surface area contributed by atoms with Gasteiger partial charge in [-0.05, 0) is 74.6 Å². The number of ether oxygens (including phenoxy) is 4. The molecule has 0 spiro atoms. The molecule has 1 heterocycles. The molecule has 2 aromatic carbocycles. The standard InChI is InChI=1S/C29H32N2O6S/c1-19(32)36-27-28(20-6-8-21(34-4)9-7-20)38-26-18-24(37-23-12-10-22(35-5)11-13-23)14-15-25(26)31(29(27)33)17-16-30(2)3/h6,8,10-15,18H,7,9,16-17H2,1-5H3. The van der Waals surface area contributed by atoms with Crippen molar-refractivity contribution in [1.29, 1.82) is 0 Å². The number of fused-ring (bicyclic) bond motifs is 1. The number of rotatable bonds is 9. The maximum Gasteiger partial charge on any atom is 0.308 e. The van der Waals surface area contributed by atoms with Crippen LogP contribution in [0.3, 0.4) is 0 Å². The maximum atomic E-state index is 13.9. The van der Waals surface area contributed by atoms with Gasteiger partial charge in [-0.25, -0.2) is 0 Å². The van der Waals surface area contributed by atoms with Gasteiger partial charge in [0.15, 0.2) is 0 Å². The second kappa shape index (κ2) is 12.2. The minimum absolute atomic E-state index is 0.0376. The number of methoxy groups -OCH3 is 2. The van der Waals surface area contributed by atoms with E-state index in [9.17, 15) is 9.59 Å². The number of allylic oxidation sites excluding steroid dienone is 4. The van der Waals surface area contributed by atoms with Crippen molar-refractivity contribution in [2.75, 3.05) is 46.3 Å². The van der Waals surface area contributed by atoms with Crippen molar-refractivity contribution in [3.63, 3.8) is 0 Å². The minimum atomic E-state index is -0.543. The van der Waals surface area contributed by atoms with Crippen molar-refractivity contribution in [3.8, 4) is 17.2 Å². The highest BCUT2D eigenvalue weighted by atomic mass is 32.2. The fourth-order valence-corrected chi connectivity index (χ4v) is 5.27. The van der Waals surface area contributed by atoms with Crippen LogP contribution in [-0.4, -0.2) is 58.2 Å². The molecular formula is C29H32N2O6S. The van der Waals surface area contributed by atoms with E-state index in [1.807, 2.05) is 73.6 Å². The molecule has 4 rings (SSSR count). The topological polar surface area (TPSA) is 77.5 Å². The van der Waals surface area contributed by atoms with E-state index in [4.69, 9.17) is 18.9 Å². The third kappa shape index (κ3) is 6.41. The molecular weight excluding hydrogens is 504 g/mol. The van der Waals surface area contributed by atoms with Crippen LogP contribution in [0.25, 0.3) is 0 Å². The lowest BCUT2D eigenvalue weighted by Crippen LogP contribution is -2.38. The Morgan fingerprint density at radius 3 is 2.29 bits per heavy atom. The average molecular weight is 537 g/mol. The van der Waals surface area contributed by atoms with Crippen LogP contribution in [0.1, 0.15) is 19.8 Å². The molecule has 9 heteroatoms. The van der Waals surface area contributed by atoms with Gasteiger partial charge in [-0.3, -0.25) is 9.59 Å². The van der Waals surface area contributed by atoms with Crippen molar-refractivity contribution in [3.05, 3.63) is 76.6 Å². The summed E-state index contributed by atoms with van der Waals surface area (Å²) < 4.78 is 22.3. The number of anilines is 1. The number of likely N-dealkylation sites (N-methyl/N-ethyl adjacent to an activating group) is 1. The Balaban J connectivity index is 1.79. The molecule has 0 fully saturated rings. The average Bonchev–Trinajstić information content (AvgIpc) is 3.02. The highest BCUT2D eigenvalue weighted by Gasteiger charge is 2.34. The molecule has 0 radical (unpaired) electrons. The maximum absolute atomic E-state index is 13.9. The number of esters is 1. The highest BCUT2D eigenvalue weighted by Crippen LogP contribution is 2.47. The molecule has 38 heavy (non-hydrogen) atoms. The summed E-state index contributed by atoms with van der Waals surface area (Å²) in [7, 11) is 7.15. The summed E-state index contributed by atoms with van der Waals surface area (Å²) in [5.41, 5.74) is 1.63. The number of carbonyl (C=O) groups excluding carboxylic acids is 2. The zero-order valence-corrected chi connectivity index (χ0v) is 23.1.